The Morgan fingerprint density at radius 1 is 1.85 bits per heavy atom. The highest BCUT2D eigenvalue weighted by Crippen LogP contribution is 2.15. The lowest BCUT2D eigenvalue weighted by Gasteiger charge is -2.08. The summed E-state index contributed by atoms with van der Waals surface area (Å²) in [5, 5.41) is 13.4. The van der Waals surface area contributed by atoms with Gasteiger partial charge in [0.15, 0.2) is 0 Å². The van der Waals surface area contributed by atoms with Gasteiger partial charge in [-0.3, -0.25) is 9.48 Å². The van der Waals surface area contributed by atoms with Gasteiger partial charge >= 0.3 is 5.97 Å². The van der Waals surface area contributed by atoms with Crippen molar-refractivity contribution in [3.8, 4) is 0 Å². The van der Waals surface area contributed by atoms with E-state index in [0.29, 0.717) is 5.69 Å². The number of hydrogen-bond donors (Lipinski definition) is 1. The third-order valence-corrected chi connectivity index (χ3v) is 1.79. The van der Waals surface area contributed by atoms with Crippen molar-refractivity contribution in [2.75, 3.05) is 7.11 Å². The molecule has 0 radical (unpaired) electrons. The highest BCUT2D eigenvalue weighted by atomic mass is 16.5. The molecule has 0 amide bonds. The SMILES string of the molecule is COC(=O)CC(O)c1ccnn1C. The number of nitrogens with zero attached hydrogens (tertiary/aromatic N) is 2. The molecule has 1 atom stereocenters. The first-order valence-electron chi connectivity index (χ1n) is 3.88. The summed E-state index contributed by atoms with van der Waals surface area (Å²) in [5.41, 5.74) is 0.602. The zero-order chi connectivity index (χ0) is 9.84. The van der Waals surface area contributed by atoms with Crippen molar-refractivity contribution < 1.29 is 14.6 Å². The van der Waals surface area contributed by atoms with E-state index < -0.39 is 12.1 Å². The van der Waals surface area contributed by atoms with E-state index in [-0.39, 0.29) is 6.42 Å². The fourth-order valence-corrected chi connectivity index (χ4v) is 1.06. The Labute approximate surface area is 75.9 Å². The van der Waals surface area contributed by atoms with Crippen molar-refractivity contribution in [1.29, 1.82) is 0 Å². The molecule has 0 spiro atoms. The van der Waals surface area contributed by atoms with Crippen LogP contribution in [-0.4, -0.2) is 28.0 Å². The van der Waals surface area contributed by atoms with Gasteiger partial charge in [-0.15, -0.1) is 0 Å². The highest BCUT2D eigenvalue weighted by molar-refractivity contribution is 5.69. The molecule has 13 heavy (non-hydrogen) atoms. The normalized spacial score (nSPS) is 12.5. The Kier molecular flexibility index (Phi) is 3.02. The lowest BCUT2D eigenvalue weighted by molar-refractivity contribution is -0.143. The smallest absolute Gasteiger partial charge is 0.308 e. The largest absolute Gasteiger partial charge is 0.469 e. The van der Waals surface area contributed by atoms with E-state index in [1.807, 2.05) is 0 Å². The maximum atomic E-state index is 10.8. The van der Waals surface area contributed by atoms with Crippen LogP contribution in [0.3, 0.4) is 0 Å². The molecular weight excluding hydrogens is 172 g/mol. The molecule has 0 aliphatic heterocycles. The molecule has 0 aliphatic carbocycles. The van der Waals surface area contributed by atoms with E-state index in [1.54, 1.807) is 19.3 Å². The van der Waals surface area contributed by atoms with E-state index in [1.165, 1.54) is 11.8 Å². The molecule has 0 fully saturated rings. The molecule has 1 unspecified atom stereocenters. The Morgan fingerprint density at radius 2 is 2.54 bits per heavy atom. The van der Waals surface area contributed by atoms with Crippen LogP contribution >= 0.6 is 0 Å². The molecule has 0 saturated carbocycles. The number of carbonyl (C=O) groups excluding carboxylic acids is 1. The molecule has 1 aromatic heterocycles. The standard InChI is InChI=1S/C8H12N2O3/c1-10-6(3-4-9-10)7(11)5-8(12)13-2/h3-4,7,11H,5H2,1-2H3. The molecule has 0 bridgehead atoms. The second-order valence-electron chi connectivity index (χ2n) is 2.68. The van der Waals surface area contributed by atoms with Crippen molar-refractivity contribution in [3.05, 3.63) is 18.0 Å². The van der Waals surface area contributed by atoms with E-state index in [9.17, 15) is 9.90 Å². The zero-order valence-corrected chi connectivity index (χ0v) is 7.60. The molecule has 1 heterocycles. The van der Waals surface area contributed by atoms with Crippen LogP contribution in [-0.2, 0) is 16.6 Å². The van der Waals surface area contributed by atoms with Gasteiger partial charge in [-0.1, -0.05) is 0 Å². The van der Waals surface area contributed by atoms with Crippen LogP contribution < -0.4 is 0 Å². The summed E-state index contributed by atoms with van der Waals surface area (Å²) in [6.45, 7) is 0. The predicted molar refractivity (Wildman–Crippen MR) is 44.8 cm³/mol. The van der Waals surface area contributed by atoms with E-state index in [4.69, 9.17) is 0 Å². The van der Waals surface area contributed by atoms with Gasteiger partial charge in [0, 0.05) is 13.2 Å². The minimum absolute atomic E-state index is 0.0456. The van der Waals surface area contributed by atoms with Crippen molar-refractivity contribution in [2.45, 2.75) is 12.5 Å². The summed E-state index contributed by atoms with van der Waals surface area (Å²) < 4.78 is 5.95. The van der Waals surface area contributed by atoms with Gasteiger partial charge in [0.25, 0.3) is 0 Å². The summed E-state index contributed by atoms with van der Waals surface area (Å²) in [6.07, 6.45) is 0.672. The maximum absolute atomic E-state index is 10.8. The van der Waals surface area contributed by atoms with Crippen LogP contribution in [0.5, 0.6) is 0 Å². The summed E-state index contributed by atoms with van der Waals surface area (Å²) in [7, 11) is 2.99. The van der Waals surface area contributed by atoms with Crippen molar-refractivity contribution in [1.82, 2.24) is 9.78 Å². The van der Waals surface area contributed by atoms with Crippen LogP contribution in [0.15, 0.2) is 12.3 Å². The number of methoxy groups -OCH3 is 1. The quantitative estimate of drug-likeness (QED) is 0.672. The highest BCUT2D eigenvalue weighted by Gasteiger charge is 2.15. The first kappa shape index (κ1) is 9.73. The molecule has 1 rings (SSSR count). The van der Waals surface area contributed by atoms with Gasteiger partial charge in [0.1, 0.15) is 6.10 Å². The number of aliphatic hydroxyl groups is 1. The topological polar surface area (TPSA) is 64.3 Å². The lowest BCUT2D eigenvalue weighted by Crippen LogP contribution is -2.11. The molecule has 1 aromatic rings. The second kappa shape index (κ2) is 4.04. The maximum Gasteiger partial charge on any atom is 0.308 e. The number of aliphatic hydroxyl groups excluding tert-OH is 1. The Bertz CT molecular complexity index is 295. The monoisotopic (exact) mass is 184 g/mol. The van der Waals surface area contributed by atoms with E-state index >= 15 is 0 Å². The van der Waals surface area contributed by atoms with Gasteiger partial charge in [-0.25, -0.2) is 0 Å². The third kappa shape index (κ3) is 2.29. The Balaban J connectivity index is 2.63. The number of rotatable bonds is 3. The predicted octanol–water partition coefficient (Wildman–Crippen LogP) is 0.0166. The van der Waals surface area contributed by atoms with Gasteiger partial charge < -0.3 is 9.84 Å². The molecule has 72 valence electrons. The van der Waals surface area contributed by atoms with E-state index in [2.05, 4.69) is 9.84 Å². The molecule has 5 heteroatoms. The lowest BCUT2D eigenvalue weighted by atomic mass is 10.2. The average molecular weight is 184 g/mol. The second-order valence-corrected chi connectivity index (χ2v) is 2.68. The van der Waals surface area contributed by atoms with Crippen LogP contribution in [0.1, 0.15) is 18.2 Å². The molecule has 0 aliphatic rings. The number of ether oxygens (including phenoxy) is 1. The molecule has 1 N–H and O–H groups in total. The fraction of sp³-hybridized carbons (Fsp3) is 0.500. The molecular formula is C8H12N2O3. The fourth-order valence-electron chi connectivity index (χ4n) is 1.06. The number of aryl methyl sites for hydroxylation is 1. The first-order valence-corrected chi connectivity index (χ1v) is 3.88. The third-order valence-electron chi connectivity index (χ3n) is 1.79. The van der Waals surface area contributed by atoms with Gasteiger partial charge in [-0.2, -0.15) is 5.10 Å². The molecule has 0 saturated heterocycles. The van der Waals surface area contributed by atoms with Crippen LogP contribution in [0.2, 0.25) is 0 Å². The van der Waals surface area contributed by atoms with Gasteiger partial charge in [0.05, 0.1) is 19.2 Å². The van der Waals surface area contributed by atoms with E-state index in [0.717, 1.165) is 0 Å². The zero-order valence-electron chi connectivity index (χ0n) is 7.60. The van der Waals surface area contributed by atoms with Crippen LogP contribution in [0.4, 0.5) is 0 Å². The number of carbonyl (C=O) groups is 1. The summed E-state index contributed by atoms with van der Waals surface area (Å²) in [4.78, 5) is 10.8. The Morgan fingerprint density at radius 3 is 3.00 bits per heavy atom. The first-order chi connectivity index (χ1) is 6.15. The summed E-state index contributed by atoms with van der Waals surface area (Å²) in [5.74, 6) is -0.436. The Hall–Kier alpha value is -1.36. The van der Waals surface area contributed by atoms with Gasteiger partial charge in [-0.05, 0) is 6.07 Å². The average Bonchev–Trinajstić information content (AvgIpc) is 2.51. The number of aromatic nitrogens is 2. The minimum atomic E-state index is -0.847. The van der Waals surface area contributed by atoms with Gasteiger partial charge in [0.2, 0.25) is 0 Å². The summed E-state index contributed by atoms with van der Waals surface area (Å²) >= 11 is 0. The number of esters is 1. The number of hydrogen-bond acceptors (Lipinski definition) is 4. The van der Waals surface area contributed by atoms with Crippen LogP contribution in [0, 0.1) is 0 Å². The van der Waals surface area contributed by atoms with Crippen molar-refractivity contribution >= 4 is 5.97 Å². The minimum Gasteiger partial charge on any atom is -0.469 e. The molecule has 5 nitrogen and oxygen atoms in total. The van der Waals surface area contributed by atoms with Crippen molar-refractivity contribution in [2.24, 2.45) is 7.05 Å². The van der Waals surface area contributed by atoms with Crippen LogP contribution in [0.25, 0.3) is 0 Å². The summed E-state index contributed by atoms with van der Waals surface area (Å²) in [6, 6.07) is 1.66. The molecule has 0 aromatic carbocycles. The van der Waals surface area contributed by atoms with Crippen molar-refractivity contribution in [3.63, 3.8) is 0 Å².